The van der Waals surface area contributed by atoms with Crippen molar-refractivity contribution >= 4 is 39.2 Å². The predicted octanol–water partition coefficient (Wildman–Crippen LogP) is 3.20. The van der Waals surface area contributed by atoms with E-state index in [0.29, 0.717) is 17.0 Å². The molecule has 0 aliphatic rings. The number of carbonyl (C=O) groups is 1. The van der Waals surface area contributed by atoms with Gasteiger partial charge in [0, 0.05) is 5.56 Å². The van der Waals surface area contributed by atoms with E-state index in [9.17, 15) is 9.18 Å². The van der Waals surface area contributed by atoms with Gasteiger partial charge in [-0.3, -0.25) is 4.79 Å². The maximum absolute atomic E-state index is 13.3. The molecule has 0 radical (unpaired) electrons. The van der Waals surface area contributed by atoms with E-state index in [1.54, 1.807) is 18.2 Å². The summed E-state index contributed by atoms with van der Waals surface area (Å²) in [5.41, 5.74) is 7.10. The molecular weight excluding hydrogens is 433 g/mol. The van der Waals surface area contributed by atoms with Crippen LogP contribution in [0.15, 0.2) is 56.6 Å². The lowest BCUT2D eigenvalue weighted by Gasteiger charge is -2.08. The van der Waals surface area contributed by atoms with Crippen LogP contribution in [0.1, 0.15) is 11.3 Å². The number of aliphatic imine (C=N–C) groups is 1. The fourth-order valence-corrected chi connectivity index (χ4v) is 2.75. The molecule has 0 aliphatic carbocycles. The zero-order chi connectivity index (χ0) is 20.1. The molecule has 3 aromatic rings. The van der Waals surface area contributed by atoms with Gasteiger partial charge in [0.25, 0.3) is 0 Å². The van der Waals surface area contributed by atoms with E-state index in [1.165, 1.54) is 25.3 Å². The maximum atomic E-state index is 13.3. The lowest BCUT2D eigenvalue weighted by Crippen LogP contribution is -2.20. The topological polar surface area (TPSA) is 116 Å². The number of nitrogens with two attached hydrogens (primary N) is 1. The fourth-order valence-electron chi connectivity index (χ4n) is 2.38. The van der Waals surface area contributed by atoms with Crippen molar-refractivity contribution in [3.05, 3.63) is 64.0 Å². The number of nitrogens with zero attached hydrogens (tertiary/aromatic N) is 3. The monoisotopic (exact) mass is 447 g/mol. The van der Waals surface area contributed by atoms with Crippen molar-refractivity contribution in [2.45, 2.75) is 6.42 Å². The number of amidine groups is 1. The summed E-state index contributed by atoms with van der Waals surface area (Å²) in [5.74, 6) is -0.211. The van der Waals surface area contributed by atoms with Crippen LogP contribution in [0, 0.1) is 5.82 Å². The van der Waals surface area contributed by atoms with E-state index < -0.39 is 5.82 Å². The van der Waals surface area contributed by atoms with Crippen LogP contribution in [-0.4, -0.2) is 29.2 Å². The Morgan fingerprint density at radius 1 is 1.32 bits per heavy atom. The molecule has 144 valence electrons. The first-order valence-corrected chi connectivity index (χ1v) is 8.81. The van der Waals surface area contributed by atoms with Gasteiger partial charge in [0.2, 0.25) is 11.7 Å². The molecule has 10 heteroatoms. The molecule has 0 saturated heterocycles. The number of aromatic nitrogens is 2. The summed E-state index contributed by atoms with van der Waals surface area (Å²) in [6.45, 7) is 0. The predicted molar refractivity (Wildman–Crippen MR) is 104 cm³/mol. The average Bonchev–Trinajstić information content (AvgIpc) is 3.13. The number of methoxy groups -OCH3 is 1. The number of anilines is 1. The fraction of sp³-hybridized carbons (Fsp3) is 0.111. The zero-order valence-corrected chi connectivity index (χ0v) is 16.2. The first-order chi connectivity index (χ1) is 13.5. The van der Waals surface area contributed by atoms with Crippen LogP contribution >= 0.6 is 15.9 Å². The Labute approximate surface area is 167 Å². The van der Waals surface area contributed by atoms with Gasteiger partial charge >= 0.3 is 0 Å². The van der Waals surface area contributed by atoms with E-state index >= 15 is 0 Å². The highest BCUT2D eigenvalue weighted by Gasteiger charge is 2.18. The first-order valence-electron chi connectivity index (χ1n) is 8.02. The van der Waals surface area contributed by atoms with Gasteiger partial charge in [0.1, 0.15) is 11.6 Å². The zero-order valence-electron chi connectivity index (χ0n) is 14.6. The Hall–Kier alpha value is -3.27. The van der Waals surface area contributed by atoms with E-state index in [4.69, 9.17) is 10.5 Å². The van der Waals surface area contributed by atoms with Crippen LogP contribution in [-0.2, 0) is 11.2 Å². The summed E-state index contributed by atoms with van der Waals surface area (Å²) in [4.78, 5) is 16.5. The molecule has 3 N–H and O–H groups in total. The highest BCUT2D eigenvalue weighted by molar-refractivity contribution is 9.10. The Bertz CT molecular complexity index is 1040. The summed E-state index contributed by atoms with van der Waals surface area (Å²) >= 11 is 3.08. The van der Waals surface area contributed by atoms with Crippen LogP contribution in [0.4, 0.5) is 15.9 Å². The van der Waals surface area contributed by atoms with Crippen molar-refractivity contribution in [2.75, 3.05) is 12.4 Å². The quantitative estimate of drug-likeness (QED) is 0.442. The lowest BCUT2D eigenvalue weighted by atomic mass is 10.1. The highest BCUT2D eigenvalue weighted by Crippen LogP contribution is 2.23. The van der Waals surface area contributed by atoms with Crippen LogP contribution in [0.25, 0.3) is 0 Å². The molecule has 0 aliphatic heterocycles. The number of halogens is 2. The molecule has 28 heavy (non-hydrogen) atoms. The van der Waals surface area contributed by atoms with E-state index in [-0.39, 0.29) is 34.1 Å². The van der Waals surface area contributed by atoms with Crippen molar-refractivity contribution in [1.82, 2.24) is 10.3 Å². The maximum Gasteiger partial charge on any atom is 0.230 e. The molecule has 1 amide bonds. The minimum atomic E-state index is -0.426. The van der Waals surface area contributed by atoms with Gasteiger partial charge in [-0.05, 0) is 50.5 Å². The summed E-state index contributed by atoms with van der Waals surface area (Å²) in [7, 11) is 1.53. The Kier molecular flexibility index (Phi) is 5.99. The summed E-state index contributed by atoms with van der Waals surface area (Å²) in [6, 6.07) is 11.3. The Balaban J connectivity index is 1.76. The van der Waals surface area contributed by atoms with Gasteiger partial charge in [-0.15, -0.1) is 0 Å². The SMILES string of the molecule is COc1ccccc1CC(=O)Nc1nonc1C(N)=Nc1ccc(F)c(Br)c1. The standard InChI is InChI=1S/C18H15BrFN5O3/c1-27-14-5-3-2-4-10(14)8-15(26)23-18-16(24-28-25-18)17(21)22-11-6-7-13(20)12(19)9-11/h2-7,9H,8H2,1H3,(H2,21,22)(H,23,25,26). The van der Waals surface area contributed by atoms with Crippen molar-refractivity contribution in [3.8, 4) is 5.75 Å². The van der Waals surface area contributed by atoms with Crippen molar-refractivity contribution in [3.63, 3.8) is 0 Å². The van der Waals surface area contributed by atoms with Crippen LogP contribution < -0.4 is 15.8 Å². The Morgan fingerprint density at radius 3 is 2.86 bits per heavy atom. The molecule has 3 rings (SSSR count). The third-order valence-corrected chi connectivity index (χ3v) is 4.29. The number of benzene rings is 2. The lowest BCUT2D eigenvalue weighted by molar-refractivity contribution is -0.115. The molecule has 0 saturated carbocycles. The van der Waals surface area contributed by atoms with Crippen LogP contribution in [0.2, 0.25) is 0 Å². The second-order valence-corrected chi connectivity index (χ2v) is 6.45. The number of hydrogen-bond acceptors (Lipinski definition) is 6. The minimum absolute atomic E-state index is 0.0299. The molecule has 0 fully saturated rings. The highest BCUT2D eigenvalue weighted by atomic mass is 79.9. The molecule has 0 unspecified atom stereocenters. The second kappa shape index (κ2) is 8.61. The average molecular weight is 448 g/mol. The third kappa shape index (κ3) is 4.52. The number of ether oxygens (including phenoxy) is 1. The van der Waals surface area contributed by atoms with Crippen molar-refractivity contribution in [2.24, 2.45) is 10.7 Å². The van der Waals surface area contributed by atoms with Crippen molar-refractivity contribution in [1.29, 1.82) is 0 Å². The van der Waals surface area contributed by atoms with Gasteiger partial charge in [0.05, 0.1) is 23.7 Å². The minimum Gasteiger partial charge on any atom is -0.496 e. The molecule has 2 aromatic carbocycles. The molecule has 1 aromatic heterocycles. The van der Waals surface area contributed by atoms with Gasteiger partial charge in [-0.2, -0.15) is 0 Å². The molecule has 0 atom stereocenters. The molecular formula is C18H15BrFN5O3. The summed E-state index contributed by atoms with van der Waals surface area (Å²) in [6.07, 6.45) is 0.0538. The molecule has 8 nitrogen and oxygen atoms in total. The number of hydrogen-bond donors (Lipinski definition) is 2. The summed E-state index contributed by atoms with van der Waals surface area (Å²) in [5, 5.41) is 9.92. The van der Waals surface area contributed by atoms with Gasteiger partial charge < -0.3 is 15.8 Å². The Morgan fingerprint density at radius 2 is 2.11 bits per heavy atom. The largest absolute Gasteiger partial charge is 0.496 e. The van der Waals surface area contributed by atoms with E-state index in [2.05, 4.69) is 41.2 Å². The van der Waals surface area contributed by atoms with E-state index in [0.717, 1.165) is 0 Å². The molecule has 1 heterocycles. The number of para-hydroxylation sites is 1. The van der Waals surface area contributed by atoms with Gasteiger partial charge in [0.15, 0.2) is 11.5 Å². The number of nitrogens with one attached hydrogen (secondary N) is 1. The van der Waals surface area contributed by atoms with Crippen molar-refractivity contribution < 1.29 is 18.6 Å². The summed E-state index contributed by atoms with van der Waals surface area (Å²) < 4.78 is 23.5. The number of rotatable bonds is 6. The number of amides is 1. The second-order valence-electron chi connectivity index (χ2n) is 5.59. The van der Waals surface area contributed by atoms with Gasteiger partial charge in [-0.25, -0.2) is 14.0 Å². The van der Waals surface area contributed by atoms with E-state index in [1.807, 2.05) is 6.07 Å². The van der Waals surface area contributed by atoms with Crippen LogP contribution in [0.3, 0.4) is 0 Å². The third-order valence-electron chi connectivity index (χ3n) is 3.69. The molecule has 0 spiro atoms. The number of carbonyl (C=O) groups excluding carboxylic acids is 1. The first kappa shape index (κ1) is 19.5. The smallest absolute Gasteiger partial charge is 0.230 e. The van der Waals surface area contributed by atoms with Crippen LogP contribution in [0.5, 0.6) is 5.75 Å². The molecule has 0 bridgehead atoms. The van der Waals surface area contributed by atoms with Gasteiger partial charge in [-0.1, -0.05) is 18.2 Å². The normalized spacial score (nSPS) is 11.3.